The molecule has 1 aromatic heterocycles. The number of benzene rings is 1. The van der Waals surface area contributed by atoms with Gasteiger partial charge in [-0.1, -0.05) is 30.7 Å². The van der Waals surface area contributed by atoms with Crippen LogP contribution in [-0.4, -0.2) is 39.6 Å². The SMILES string of the molecule is CCC(=O)NCc1cc2n(n1)CCN(CC(=O)N[C@H](C)c1cc(C)ccc1C)C2. The number of hydrogen-bond donors (Lipinski definition) is 2. The Morgan fingerprint density at radius 1 is 1.17 bits per heavy atom. The highest BCUT2D eigenvalue weighted by atomic mass is 16.2. The Morgan fingerprint density at radius 2 is 1.97 bits per heavy atom. The van der Waals surface area contributed by atoms with Crippen LogP contribution in [0.4, 0.5) is 0 Å². The molecule has 2 heterocycles. The lowest BCUT2D eigenvalue weighted by Gasteiger charge is -2.27. The lowest BCUT2D eigenvalue weighted by Crippen LogP contribution is -2.42. The van der Waals surface area contributed by atoms with Crippen molar-refractivity contribution in [3.63, 3.8) is 0 Å². The average Bonchev–Trinajstić information content (AvgIpc) is 3.09. The van der Waals surface area contributed by atoms with Gasteiger partial charge in [0.05, 0.1) is 37.1 Å². The van der Waals surface area contributed by atoms with E-state index in [2.05, 4.69) is 52.7 Å². The van der Waals surface area contributed by atoms with Gasteiger partial charge in [-0.3, -0.25) is 19.2 Å². The van der Waals surface area contributed by atoms with E-state index in [1.807, 2.05) is 24.6 Å². The van der Waals surface area contributed by atoms with Crippen molar-refractivity contribution in [2.45, 2.75) is 59.8 Å². The number of nitrogens with zero attached hydrogens (tertiary/aromatic N) is 3. The molecular weight excluding hydrogens is 366 g/mol. The molecule has 2 N–H and O–H groups in total. The highest BCUT2D eigenvalue weighted by Gasteiger charge is 2.21. The zero-order valence-electron chi connectivity index (χ0n) is 17.8. The number of carbonyl (C=O) groups is 2. The van der Waals surface area contributed by atoms with Gasteiger partial charge in [0, 0.05) is 19.5 Å². The molecule has 1 aliphatic rings. The van der Waals surface area contributed by atoms with Gasteiger partial charge >= 0.3 is 0 Å². The molecule has 29 heavy (non-hydrogen) atoms. The summed E-state index contributed by atoms with van der Waals surface area (Å²) in [6.07, 6.45) is 0.469. The van der Waals surface area contributed by atoms with Crippen molar-refractivity contribution >= 4 is 11.8 Å². The summed E-state index contributed by atoms with van der Waals surface area (Å²) >= 11 is 0. The van der Waals surface area contributed by atoms with Crippen molar-refractivity contribution in [1.82, 2.24) is 25.3 Å². The largest absolute Gasteiger partial charge is 0.350 e. The first-order valence-electron chi connectivity index (χ1n) is 10.3. The van der Waals surface area contributed by atoms with E-state index in [0.717, 1.165) is 30.0 Å². The first kappa shape index (κ1) is 21.0. The Balaban J connectivity index is 1.54. The summed E-state index contributed by atoms with van der Waals surface area (Å²) in [4.78, 5) is 26.2. The Hall–Kier alpha value is -2.67. The fourth-order valence-electron chi connectivity index (χ4n) is 3.71. The van der Waals surface area contributed by atoms with Crippen LogP contribution in [-0.2, 0) is 29.2 Å². The van der Waals surface area contributed by atoms with E-state index in [-0.39, 0.29) is 17.9 Å². The first-order valence-corrected chi connectivity index (χ1v) is 10.3. The second kappa shape index (κ2) is 9.22. The fourth-order valence-corrected chi connectivity index (χ4v) is 3.71. The molecule has 3 rings (SSSR count). The number of hydrogen-bond acceptors (Lipinski definition) is 4. The topological polar surface area (TPSA) is 79.3 Å². The molecule has 2 amide bonds. The molecule has 0 radical (unpaired) electrons. The van der Waals surface area contributed by atoms with Gasteiger partial charge in [0.25, 0.3) is 0 Å². The summed E-state index contributed by atoms with van der Waals surface area (Å²) in [5, 5.41) is 10.5. The van der Waals surface area contributed by atoms with Crippen LogP contribution in [0.25, 0.3) is 0 Å². The Morgan fingerprint density at radius 3 is 2.72 bits per heavy atom. The van der Waals surface area contributed by atoms with Crippen LogP contribution >= 0.6 is 0 Å². The molecule has 0 saturated heterocycles. The zero-order valence-corrected chi connectivity index (χ0v) is 17.8. The standard InChI is InChI=1S/C22H31N5O2/c1-5-21(28)23-12-18-11-19-13-26(8-9-27(19)25-18)14-22(29)24-17(4)20-10-15(2)6-7-16(20)3/h6-7,10-11,17H,5,8-9,12-14H2,1-4H3,(H,23,28)(H,24,29)/t17-/m1/s1. The Labute approximate surface area is 172 Å². The maximum Gasteiger partial charge on any atom is 0.234 e. The monoisotopic (exact) mass is 397 g/mol. The van der Waals surface area contributed by atoms with Crippen LogP contribution in [0.15, 0.2) is 24.3 Å². The molecule has 1 aromatic carbocycles. The van der Waals surface area contributed by atoms with Gasteiger partial charge in [0.15, 0.2) is 0 Å². The molecule has 156 valence electrons. The van der Waals surface area contributed by atoms with E-state index in [4.69, 9.17) is 0 Å². The van der Waals surface area contributed by atoms with Crippen molar-refractivity contribution in [3.8, 4) is 0 Å². The number of aryl methyl sites for hydroxylation is 2. The third-order valence-corrected chi connectivity index (χ3v) is 5.36. The summed E-state index contributed by atoms with van der Waals surface area (Å²) in [7, 11) is 0. The van der Waals surface area contributed by atoms with Crippen LogP contribution in [0.2, 0.25) is 0 Å². The lowest BCUT2D eigenvalue weighted by atomic mass is 10.00. The molecule has 0 aliphatic carbocycles. The second-order valence-corrected chi connectivity index (χ2v) is 7.84. The van der Waals surface area contributed by atoms with Crippen LogP contribution in [0, 0.1) is 13.8 Å². The quantitative estimate of drug-likeness (QED) is 0.751. The second-order valence-electron chi connectivity index (χ2n) is 7.84. The van der Waals surface area contributed by atoms with Crippen LogP contribution in [0.5, 0.6) is 0 Å². The van der Waals surface area contributed by atoms with Crippen LogP contribution in [0.1, 0.15) is 54.4 Å². The summed E-state index contributed by atoms with van der Waals surface area (Å²) in [6.45, 7) is 11.0. The van der Waals surface area contributed by atoms with E-state index in [0.29, 0.717) is 26.1 Å². The van der Waals surface area contributed by atoms with E-state index in [1.54, 1.807) is 0 Å². The van der Waals surface area contributed by atoms with Crippen molar-refractivity contribution in [2.75, 3.05) is 13.1 Å². The van der Waals surface area contributed by atoms with Crippen LogP contribution in [0.3, 0.4) is 0 Å². The highest BCUT2D eigenvalue weighted by molar-refractivity contribution is 5.78. The average molecular weight is 398 g/mol. The number of fused-ring (bicyclic) bond motifs is 1. The summed E-state index contributed by atoms with van der Waals surface area (Å²) < 4.78 is 1.97. The predicted octanol–water partition coefficient (Wildman–Crippen LogP) is 2.22. The Kier molecular flexibility index (Phi) is 6.69. The first-order chi connectivity index (χ1) is 13.9. The molecule has 1 atom stereocenters. The van der Waals surface area contributed by atoms with E-state index in [1.165, 1.54) is 11.1 Å². The van der Waals surface area contributed by atoms with Crippen LogP contribution < -0.4 is 10.6 Å². The smallest absolute Gasteiger partial charge is 0.234 e. The van der Waals surface area contributed by atoms with Gasteiger partial charge < -0.3 is 10.6 Å². The van der Waals surface area contributed by atoms with E-state index < -0.39 is 0 Å². The highest BCUT2D eigenvalue weighted by Crippen LogP contribution is 2.19. The predicted molar refractivity (Wildman–Crippen MR) is 112 cm³/mol. The van der Waals surface area contributed by atoms with Gasteiger partial charge in [-0.05, 0) is 38.0 Å². The van der Waals surface area contributed by atoms with Gasteiger partial charge in [-0.25, -0.2) is 0 Å². The van der Waals surface area contributed by atoms with Gasteiger partial charge in [0.1, 0.15) is 0 Å². The molecule has 2 aromatic rings. The molecule has 0 fully saturated rings. The van der Waals surface area contributed by atoms with Gasteiger partial charge in [-0.2, -0.15) is 5.10 Å². The molecule has 0 spiro atoms. The molecule has 0 saturated carbocycles. The molecule has 7 nitrogen and oxygen atoms in total. The summed E-state index contributed by atoms with van der Waals surface area (Å²) in [5.74, 6) is 0.0500. The van der Waals surface area contributed by atoms with E-state index in [9.17, 15) is 9.59 Å². The van der Waals surface area contributed by atoms with Crippen molar-refractivity contribution in [3.05, 3.63) is 52.3 Å². The third-order valence-electron chi connectivity index (χ3n) is 5.36. The summed E-state index contributed by atoms with van der Waals surface area (Å²) in [5.41, 5.74) is 5.48. The normalized spacial score (nSPS) is 14.9. The molecule has 0 unspecified atom stereocenters. The number of rotatable bonds is 7. The minimum atomic E-state index is -0.0218. The maximum atomic E-state index is 12.6. The van der Waals surface area contributed by atoms with Crippen molar-refractivity contribution < 1.29 is 9.59 Å². The zero-order chi connectivity index (χ0) is 21.0. The number of carbonyl (C=O) groups excluding carboxylic acids is 2. The van der Waals surface area contributed by atoms with Crippen molar-refractivity contribution in [1.29, 1.82) is 0 Å². The number of nitrogens with one attached hydrogen (secondary N) is 2. The molecular formula is C22H31N5O2. The third kappa shape index (κ3) is 5.44. The van der Waals surface area contributed by atoms with Crippen molar-refractivity contribution in [2.24, 2.45) is 0 Å². The summed E-state index contributed by atoms with van der Waals surface area (Å²) in [6, 6.07) is 8.31. The molecule has 0 bridgehead atoms. The lowest BCUT2D eigenvalue weighted by molar-refractivity contribution is -0.123. The van der Waals surface area contributed by atoms with E-state index >= 15 is 0 Å². The van der Waals surface area contributed by atoms with Gasteiger partial charge in [0.2, 0.25) is 11.8 Å². The Bertz CT molecular complexity index is 889. The fraction of sp³-hybridized carbons (Fsp3) is 0.500. The molecule has 1 aliphatic heterocycles. The van der Waals surface area contributed by atoms with Gasteiger partial charge in [-0.15, -0.1) is 0 Å². The number of amides is 2. The minimum Gasteiger partial charge on any atom is -0.350 e. The minimum absolute atomic E-state index is 0.0206. The maximum absolute atomic E-state index is 12.6. The molecule has 7 heteroatoms. The number of aromatic nitrogens is 2.